The van der Waals surface area contributed by atoms with E-state index < -0.39 is 0 Å². The number of tetrazole rings is 1. The molecule has 0 saturated heterocycles. The lowest BCUT2D eigenvalue weighted by molar-refractivity contribution is 0.512. The number of hydrogen-bond donors (Lipinski definition) is 1. The minimum absolute atomic E-state index is 0.560. The summed E-state index contributed by atoms with van der Waals surface area (Å²) in [4.78, 5) is 9.80. The highest BCUT2D eigenvalue weighted by Crippen LogP contribution is 2.36. The number of aromatic nitrogens is 7. The molecule has 8 heteroatoms. The molecule has 3 aromatic heterocycles. The van der Waals surface area contributed by atoms with Gasteiger partial charge in [-0.1, -0.05) is 37.3 Å². The highest BCUT2D eigenvalue weighted by Gasteiger charge is 2.24. The number of fused-ring (bicyclic) bond motifs is 3. The summed E-state index contributed by atoms with van der Waals surface area (Å²) in [7, 11) is 0. The maximum absolute atomic E-state index is 6.41. The fourth-order valence-electron chi connectivity index (χ4n) is 4.68. The van der Waals surface area contributed by atoms with Gasteiger partial charge in [-0.25, -0.2) is 10.1 Å². The second-order valence-corrected chi connectivity index (χ2v) is 8.79. The average Bonchev–Trinajstić information content (AvgIpc) is 3.49. The van der Waals surface area contributed by atoms with Crippen LogP contribution in [0.1, 0.15) is 54.3 Å². The molecule has 0 aliphatic carbocycles. The van der Waals surface area contributed by atoms with E-state index in [1.807, 2.05) is 37.4 Å². The standard InChI is InChI=1S/C27H25N7O/c1-3-8-24-29-21-10-5-6-11-22(21)34(24)16-18-13-20-14-19-9-4-7-12-23(19)35-26(25(20)28-15-18)17(2)27-30-32-33-31-27/h4-7,9-13,15H,3,8,14,16H2,1-2H3,(H,30,31,32,33). The molecule has 0 atom stereocenters. The van der Waals surface area contributed by atoms with E-state index in [0.29, 0.717) is 18.1 Å². The molecule has 0 unspecified atom stereocenters. The first-order chi connectivity index (χ1) is 17.2. The Kier molecular flexibility index (Phi) is 5.33. The number of rotatable bonds is 5. The van der Waals surface area contributed by atoms with E-state index in [9.17, 15) is 0 Å². The number of aromatic amines is 1. The van der Waals surface area contributed by atoms with E-state index in [-0.39, 0.29) is 0 Å². The quantitative estimate of drug-likeness (QED) is 0.402. The van der Waals surface area contributed by atoms with Crippen molar-refractivity contribution in [1.29, 1.82) is 0 Å². The minimum atomic E-state index is 0.560. The molecule has 0 fully saturated rings. The second kappa shape index (κ2) is 8.79. The van der Waals surface area contributed by atoms with Crippen LogP contribution in [-0.4, -0.2) is 35.2 Å². The summed E-state index contributed by atoms with van der Waals surface area (Å²) in [6.45, 7) is 4.84. The van der Waals surface area contributed by atoms with Gasteiger partial charge in [-0.2, -0.15) is 0 Å². The van der Waals surface area contributed by atoms with Crippen molar-refractivity contribution >= 4 is 22.4 Å². The van der Waals surface area contributed by atoms with Crippen LogP contribution in [0.15, 0.2) is 60.8 Å². The molecule has 5 aromatic rings. The van der Waals surface area contributed by atoms with Gasteiger partial charge in [-0.3, -0.25) is 4.98 Å². The number of hydrogen-bond acceptors (Lipinski definition) is 6. The Morgan fingerprint density at radius 3 is 2.80 bits per heavy atom. The molecule has 1 N–H and O–H groups in total. The Hall–Kier alpha value is -4.33. The Balaban J connectivity index is 1.47. The highest BCUT2D eigenvalue weighted by molar-refractivity contribution is 5.85. The zero-order valence-electron chi connectivity index (χ0n) is 19.7. The van der Waals surface area contributed by atoms with Crippen molar-refractivity contribution in [2.75, 3.05) is 0 Å². The third-order valence-electron chi connectivity index (χ3n) is 6.39. The van der Waals surface area contributed by atoms with Crippen molar-refractivity contribution in [2.24, 2.45) is 0 Å². The van der Waals surface area contributed by atoms with Crippen molar-refractivity contribution in [1.82, 2.24) is 35.2 Å². The zero-order valence-corrected chi connectivity index (χ0v) is 19.7. The number of nitrogens with one attached hydrogen (secondary N) is 1. The van der Waals surface area contributed by atoms with Crippen LogP contribution in [0.25, 0.3) is 22.4 Å². The summed E-state index contributed by atoms with van der Waals surface area (Å²) in [5.74, 6) is 3.14. The SMILES string of the molecule is CCCc1nc2ccccc2n1Cc1cnc2c(c1)Cc1ccccc1OC2=C(C)c1nnn[nH]1. The average molecular weight is 464 g/mol. The first kappa shape index (κ1) is 21.2. The number of allylic oxidation sites excluding steroid dienone is 1. The number of para-hydroxylation sites is 3. The van der Waals surface area contributed by atoms with Gasteiger partial charge < -0.3 is 9.30 Å². The molecule has 6 rings (SSSR count). The van der Waals surface area contributed by atoms with Crippen molar-refractivity contribution in [2.45, 2.75) is 39.7 Å². The third-order valence-corrected chi connectivity index (χ3v) is 6.39. The molecule has 35 heavy (non-hydrogen) atoms. The summed E-state index contributed by atoms with van der Waals surface area (Å²) < 4.78 is 8.72. The van der Waals surface area contributed by atoms with Gasteiger partial charge in [-0.05, 0) is 64.7 Å². The second-order valence-electron chi connectivity index (χ2n) is 8.79. The number of imidazole rings is 1. The van der Waals surface area contributed by atoms with Crippen LogP contribution >= 0.6 is 0 Å². The lowest BCUT2D eigenvalue weighted by atomic mass is 10.0. The van der Waals surface area contributed by atoms with Gasteiger partial charge in [0.25, 0.3) is 0 Å². The normalized spacial score (nSPS) is 14.2. The van der Waals surface area contributed by atoms with Crippen LogP contribution < -0.4 is 4.74 Å². The monoisotopic (exact) mass is 463 g/mol. The van der Waals surface area contributed by atoms with Gasteiger partial charge in [-0.15, -0.1) is 5.10 Å². The molecule has 8 nitrogen and oxygen atoms in total. The predicted molar refractivity (Wildman–Crippen MR) is 134 cm³/mol. The van der Waals surface area contributed by atoms with Crippen molar-refractivity contribution < 1.29 is 4.74 Å². The van der Waals surface area contributed by atoms with Crippen LogP contribution in [0.3, 0.4) is 0 Å². The van der Waals surface area contributed by atoms with E-state index in [2.05, 4.69) is 62.4 Å². The topological polar surface area (TPSA) is 94.4 Å². The lowest BCUT2D eigenvalue weighted by Gasteiger charge is -2.14. The predicted octanol–water partition coefficient (Wildman–Crippen LogP) is 4.82. The largest absolute Gasteiger partial charge is 0.454 e. The van der Waals surface area contributed by atoms with Gasteiger partial charge in [0.2, 0.25) is 0 Å². The highest BCUT2D eigenvalue weighted by atomic mass is 16.5. The molecular formula is C27H25N7O. The van der Waals surface area contributed by atoms with E-state index in [1.165, 1.54) is 0 Å². The van der Waals surface area contributed by atoms with Gasteiger partial charge in [0.1, 0.15) is 17.3 Å². The minimum Gasteiger partial charge on any atom is -0.454 e. The maximum Gasteiger partial charge on any atom is 0.178 e. The first-order valence-electron chi connectivity index (χ1n) is 11.8. The summed E-state index contributed by atoms with van der Waals surface area (Å²) in [6, 6.07) is 18.7. The van der Waals surface area contributed by atoms with E-state index >= 15 is 0 Å². The van der Waals surface area contributed by atoms with Gasteiger partial charge >= 0.3 is 0 Å². The van der Waals surface area contributed by atoms with Crippen LogP contribution in [-0.2, 0) is 19.4 Å². The lowest BCUT2D eigenvalue weighted by Crippen LogP contribution is -2.08. The molecule has 0 saturated carbocycles. The van der Waals surface area contributed by atoms with Crippen molar-refractivity contribution in [3.63, 3.8) is 0 Å². The zero-order chi connectivity index (χ0) is 23.8. The van der Waals surface area contributed by atoms with Gasteiger partial charge in [0, 0.05) is 24.6 Å². The summed E-state index contributed by atoms with van der Waals surface area (Å²) >= 11 is 0. The molecule has 4 heterocycles. The van der Waals surface area contributed by atoms with Crippen molar-refractivity contribution in [3.05, 3.63) is 94.8 Å². The number of H-pyrrole nitrogens is 1. The van der Waals surface area contributed by atoms with Gasteiger partial charge in [0.15, 0.2) is 11.6 Å². The molecule has 174 valence electrons. The van der Waals surface area contributed by atoms with E-state index in [0.717, 1.165) is 69.8 Å². The van der Waals surface area contributed by atoms with Gasteiger partial charge in [0.05, 0.1) is 17.6 Å². The number of aryl methyl sites for hydroxylation is 1. The Bertz CT molecular complexity index is 1550. The number of pyridine rings is 1. The summed E-state index contributed by atoms with van der Waals surface area (Å²) in [5, 5.41) is 14.4. The van der Waals surface area contributed by atoms with Crippen LogP contribution in [0.5, 0.6) is 5.75 Å². The molecule has 0 spiro atoms. The molecule has 0 bridgehead atoms. The number of benzene rings is 2. The Morgan fingerprint density at radius 1 is 1.09 bits per heavy atom. The summed E-state index contributed by atoms with van der Waals surface area (Å²) in [5.41, 5.74) is 7.14. The van der Waals surface area contributed by atoms with E-state index in [4.69, 9.17) is 14.7 Å². The maximum atomic E-state index is 6.41. The van der Waals surface area contributed by atoms with E-state index in [1.54, 1.807) is 0 Å². The van der Waals surface area contributed by atoms with Crippen LogP contribution in [0.2, 0.25) is 0 Å². The van der Waals surface area contributed by atoms with Crippen LogP contribution in [0, 0.1) is 0 Å². The molecule has 0 radical (unpaired) electrons. The molecule has 2 aromatic carbocycles. The number of nitrogens with zero attached hydrogens (tertiary/aromatic N) is 6. The molecular weight excluding hydrogens is 438 g/mol. The number of ether oxygens (including phenoxy) is 1. The molecule has 0 amide bonds. The fraction of sp³-hybridized carbons (Fsp3) is 0.222. The molecule has 1 aliphatic heterocycles. The summed E-state index contributed by atoms with van der Waals surface area (Å²) in [6.07, 6.45) is 4.65. The smallest absolute Gasteiger partial charge is 0.178 e. The molecule has 1 aliphatic rings. The Morgan fingerprint density at radius 2 is 1.94 bits per heavy atom. The fourth-order valence-corrected chi connectivity index (χ4v) is 4.68. The third kappa shape index (κ3) is 3.86. The van der Waals surface area contributed by atoms with Crippen molar-refractivity contribution in [3.8, 4) is 5.75 Å². The van der Waals surface area contributed by atoms with Crippen LogP contribution in [0.4, 0.5) is 0 Å². The Labute approximate surface area is 202 Å². The first-order valence-corrected chi connectivity index (χ1v) is 11.8.